The van der Waals surface area contributed by atoms with E-state index in [4.69, 9.17) is 5.73 Å². The average molecular weight is 291 g/mol. The lowest BCUT2D eigenvalue weighted by atomic mass is 10.0. The number of carbonyl (C=O) groups is 2. The summed E-state index contributed by atoms with van der Waals surface area (Å²) in [7, 11) is 1.61. The summed E-state index contributed by atoms with van der Waals surface area (Å²) in [5.74, 6) is -0.638. The van der Waals surface area contributed by atoms with Gasteiger partial charge in [0.15, 0.2) is 0 Å². The molecule has 0 aromatic heterocycles. The molecule has 3 N–H and O–H groups in total. The third kappa shape index (κ3) is 4.56. The number of rotatable bonds is 5. The summed E-state index contributed by atoms with van der Waals surface area (Å²) < 4.78 is 0. The molecule has 0 spiro atoms. The number of aryl methyl sites for hydroxylation is 1. The molecule has 0 aliphatic rings. The Morgan fingerprint density at radius 3 is 2.48 bits per heavy atom. The first-order valence-electron chi connectivity index (χ1n) is 7.10. The van der Waals surface area contributed by atoms with Crippen molar-refractivity contribution in [3.63, 3.8) is 0 Å². The first-order chi connectivity index (χ1) is 9.73. The fraction of sp³-hybridized carbons (Fsp3) is 0.500. The zero-order valence-electron chi connectivity index (χ0n) is 13.4. The molecule has 1 aromatic carbocycles. The van der Waals surface area contributed by atoms with Crippen LogP contribution >= 0.6 is 0 Å². The highest BCUT2D eigenvalue weighted by Crippen LogP contribution is 2.17. The largest absolute Gasteiger partial charge is 0.336 e. The number of anilines is 1. The standard InChI is InChI=1S/C16H25N3O2/c1-10-7-6-8-14(11(10)2)18-15(20)9-19(5)16(21)12(3)13(4)17/h6-8,12-13H,9,17H2,1-5H3,(H,18,20). The molecule has 21 heavy (non-hydrogen) atoms. The zero-order chi connectivity index (χ0) is 16.2. The summed E-state index contributed by atoms with van der Waals surface area (Å²) in [6, 6.07) is 5.50. The van der Waals surface area contributed by atoms with E-state index >= 15 is 0 Å². The highest BCUT2D eigenvalue weighted by Gasteiger charge is 2.22. The molecular weight excluding hydrogens is 266 g/mol. The van der Waals surface area contributed by atoms with Crippen LogP contribution in [0.15, 0.2) is 18.2 Å². The van der Waals surface area contributed by atoms with Gasteiger partial charge in [0.1, 0.15) is 0 Å². The van der Waals surface area contributed by atoms with Gasteiger partial charge < -0.3 is 16.0 Å². The monoisotopic (exact) mass is 291 g/mol. The van der Waals surface area contributed by atoms with Crippen LogP contribution in [0.5, 0.6) is 0 Å². The lowest BCUT2D eigenvalue weighted by Crippen LogP contribution is -2.42. The van der Waals surface area contributed by atoms with Crippen LogP contribution in [-0.2, 0) is 9.59 Å². The predicted molar refractivity (Wildman–Crippen MR) is 85.0 cm³/mol. The summed E-state index contributed by atoms with van der Waals surface area (Å²) in [6.45, 7) is 7.52. The second-order valence-corrected chi connectivity index (χ2v) is 5.64. The summed E-state index contributed by atoms with van der Waals surface area (Å²) in [5.41, 5.74) is 8.64. The summed E-state index contributed by atoms with van der Waals surface area (Å²) in [4.78, 5) is 25.5. The van der Waals surface area contributed by atoms with E-state index in [9.17, 15) is 9.59 Å². The van der Waals surface area contributed by atoms with Crippen LogP contribution in [0.25, 0.3) is 0 Å². The van der Waals surface area contributed by atoms with Crippen molar-refractivity contribution in [3.05, 3.63) is 29.3 Å². The molecule has 1 aromatic rings. The molecule has 2 atom stereocenters. The van der Waals surface area contributed by atoms with E-state index in [1.165, 1.54) is 4.90 Å². The van der Waals surface area contributed by atoms with Crippen molar-refractivity contribution in [1.82, 2.24) is 4.90 Å². The molecule has 0 fully saturated rings. The Balaban J connectivity index is 2.65. The molecule has 2 amide bonds. The van der Waals surface area contributed by atoms with Gasteiger partial charge in [0.25, 0.3) is 0 Å². The van der Waals surface area contributed by atoms with Gasteiger partial charge in [-0.05, 0) is 38.0 Å². The van der Waals surface area contributed by atoms with Crippen molar-refractivity contribution in [2.75, 3.05) is 18.9 Å². The van der Waals surface area contributed by atoms with E-state index in [1.807, 2.05) is 32.0 Å². The van der Waals surface area contributed by atoms with Gasteiger partial charge in [-0.2, -0.15) is 0 Å². The minimum atomic E-state index is -0.302. The molecule has 116 valence electrons. The van der Waals surface area contributed by atoms with E-state index < -0.39 is 0 Å². The lowest BCUT2D eigenvalue weighted by molar-refractivity contribution is -0.136. The summed E-state index contributed by atoms with van der Waals surface area (Å²) >= 11 is 0. The number of nitrogens with zero attached hydrogens (tertiary/aromatic N) is 1. The Morgan fingerprint density at radius 1 is 1.29 bits per heavy atom. The van der Waals surface area contributed by atoms with Crippen LogP contribution in [0.1, 0.15) is 25.0 Å². The van der Waals surface area contributed by atoms with Crippen molar-refractivity contribution < 1.29 is 9.59 Å². The second-order valence-electron chi connectivity index (χ2n) is 5.64. The van der Waals surface area contributed by atoms with Crippen LogP contribution in [0.4, 0.5) is 5.69 Å². The summed E-state index contributed by atoms with van der Waals surface area (Å²) in [6.07, 6.45) is 0. The van der Waals surface area contributed by atoms with E-state index in [-0.39, 0.29) is 30.3 Å². The number of carbonyl (C=O) groups excluding carboxylic acids is 2. The Morgan fingerprint density at radius 2 is 1.90 bits per heavy atom. The first kappa shape index (κ1) is 17.2. The van der Waals surface area contributed by atoms with Crippen LogP contribution in [0.2, 0.25) is 0 Å². The van der Waals surface area contributed by atoms with Crippen LogP contribution in [-0.4, -0.2) is 36.3 Å². The Hall–Kier alpha value is -1.88. The molecule has 0 saturated heterocycles. The number of amides is 2. The van der Waals surface area contributed by atoms with E-state index in [2.05, 4.69) is 5.32 Å². The van der Waals surface area contributed by atoms with Gasteiger partial charge in [-0.1, -0.05) is 19.1 Å². The zero-order valence-corrected chi connectivity index (χ0v) is 13.4. The van der Waals surface area contributed by atoms with Crippen molar-refractivity contribution in [2.45, 2.75) is 33.7 Å². The topological polar surface area (TPSA) is 75.4 Å². The number of nitrogens with one attached hydrogen (secondary N) is 1. The Labute approximate surface area is 126 Å². The van der Waals surface area contributed by atoms with Gasteiger partial charge in [-0.3, -0.25) is 9.59 Å². The van der Waals surface area contributed by atoms with Crippen LogP contribution in [0.3, 0.4) is 0 Å². The maximum atomic E-state index is 12.1. The quantitative estimate of drug-likeness (QED) is 0.866. The van der Waals surface area contributed by atoms with E-state index in [0.717, 1.165) is 16.8 Å². The maximum absolute atomic E-state index is 12.1. The van der Waals surface area contributed by atoms with Crippen LogP contribution in [0, 0.1) is 19.8 Å². The maximum Gasteiger partial charge on any atom is 0.243 e. The number of hydrogen-bond acceptors (Lipinski definition) is 3. The molecule has 2 unspecified atom stereocenters. The molecular formula is C16H25N3O2. The second kappa shape index (κ2) is 7.22. The van der Waals surface area contributed by atoms with Crippen molar-refractivity contribution >= 4 is 17.5 Å². The van der Waals surface area contributed by atoms with Crippen LogP contribution < -0.4 is 11.1 Å². The fourth-order valence-electron chi connectivity index (χ4n) is 1.94. The van der Waals surface area contributed by atoms with Gasteiger partial charge in [-0.15, -0.1) is 0 Å². The third-order valence-electron chi connectivity index (χ3n) is 3.81. The minimum Gasteiger partial charge on any atom is -0.336 e. The SMILES string of the molecule is Cc1cccc(NC(=O)CN(C)C(=O)C(C)C(C)N)c1C. The lowest BCUT2D eigenvalue weighted by Gasteiger charge is -2.23. The van der Waals surface area contributed by atoms with Crippen molar-refractivity contribution in [1.29, 1.82) is 0 Å². The number of nitrogens with two attached hydrogens (primary N) is 1. The van der Waals surface area contributed by atoms with Crippen molar-refractivity contribution in [3.8, 4) is 0 Å². The molecule has 0 saturated carbocycles. The van der Waals surface area contributed by atoms with Gasteiger partial charge in [0.2, 0.25) is 11.8 Å². The highest BCUT2D eigenvalue weighted by molar-refractivity contribution is 5.95. The van der Waals surface area contributed by atoms with E-state index in [1.54, 1.807) is 20.9 Å². The molecule has 1 rings (SSSR count). The number of likely N-dealkylation sites (N-methyl/N-ethyl adjacent to an activating group) is 1. The molecule has 5 nitrogen and oxygen atoms in total. The Bertz CT molecular complexity index is 526. The van der Waals surface area contributed by atoms with Gasteiger partial charge in [0, 0.05) is 18.8 Å². The Kier molecular flexibility index (Phi) is 5.90. The average Bonchev–Trinajstić information content (AvgIpc) is 2.41. The molecule has 5 heteroatoms. The molecule has 0 aliphatic heterocycles. The first-order valence-corrected chi connectivity index (χ1v) is 7.10. The molecule has 0 aliphatic carbocycles. The smallest absolute Gasteiger partial charge is 0.243 e. The number of hydrogen-bond donors (Lipinski definition) is 2. The van der Waals surface area contributed by atoms with Crippen molar-refractivity contribution in [2.24, 2.45) is 11.7 Å². The third-order valence-corrected chi connectivity index (χ3v) is 3.81. The normalized spacial score (nSPS) is 13.4. The van der Waals surface area contributed by atoms with Gasteiger partial charge >= 0.3 is 0 Å². The van der Waals surface area contributed by atoms with Gasteiger partial charge in [0.05, 0.1) is 12.5 Å². The van der Waals surface area contributed by atoms with E-state index in [0.29, 0.717) is 0 Å². The predicted octanol–water partition coefficient (Wildman–Crippen LogP) is 1.68. The number of benzene rings is 1. The molecule has 0 radical (unpaired) electrons. The molecule has 0 bridgehead atoms. The fourth-order valence-corrected chi connectivity index (χ4v) is 1.94. The molecule has 0 heterocycles. The van der Waals surface area contributed by atoms with Gasteiger partial charge in [-0.25, -0.2) is 0 Å². The summed E-state index contributed by atoms with van der Waals surface area (Å²) in [5, 5.41) is 2.84. The minimum absolute atomic E-state index is 0.0171. The highest BCUT2D eigenvalue weighted by atomic mass is 16.2.